The number of para-hydroxylation sites is 1. The van der Waals surface area contributed by atoms with E-state index < -0.39 is 11.8 Å². The van der Waals surface area contributed by atoms with Crippen LogP contribution >= 0.6 is 11.3 Å². The number of aromatic nitrogens is 1. The van der Waals surface area contributed by atoms with Crippen molar-refractivity contribution in [2.45, 2.75) is 0 Å². The van der Waals surface area contributed by atoms with Crippen LogP contribution in [0.3, 0.4) is 0 Å². The molecule has 0 atom stereocenters. The topological polar surface area (TPSA) is 62.2 Å². The molecule has 82 valence electrons. The number of carboxylic acid groups (broad SMARTS) is 1. The molecule has 0 fully saturated rings. The SMILES string of the molecule is O=C(O)c1csc(Nc2ccccc2F)n1. The summed E-state index contributed by atoms with van der Waals surface area (Å²) < 4.78 is 13.2. The quantitative estimate of drug-likeness (QED) is 0.863. The van der Waals surface area contributed by atoms with Crippen LogP contribution in [0.4, 0.5) is 15.2 Å². The van der Waals surface area contributed by atoms with E-state index in [1.54, 1.807) is 18.2 Å². The van der Waals surface area contributed by atoms with Crippen molar-refractivity contribution in [3.8, 4) is 0 Å². The summed E-state index contributed by atoms with van der Waals surface area (Å²) in [5.74, 6) is -1.51. The highest BCUT2D eigenvalue weighted by molar-refractivity contribution is 7.14. The van der Waals surface area contributed by atoms with E-state index in [1.807, 2.05) is 0 Å². The molecule has 0 saturated heterocycles. The first kappa shape index (κ1) is 10.6. The first-order valence-corrected chi connectivity index (χ1v) is 5.25. The number of carbonyl (C=O) groups is 1. The molecule has 2 aromatic rings. The molecule has 0 radical (unpaired) electrons. The molecule has 4 nitrogen and oxygen atoms in total. The monoisotopic (exact) mass is 238 g/mol. The number of benzene rings is 1. The molecule has 1 heterocycles. The predicted molar refractivity (Wildman–Crippen MR) is 58.8 cm³/mol. The Kier molecular flexibility index (Phi) is 2.82. The minimum atomic E-state index is -1.10. The third-order valence-corrected chi connectivity index (χ3v) is 2.60. The van der Waals surface area contributed by atoms with Crippen LogP contribution in [0.5, 0.6) is 0 Å². The number of hydrogen-bond acceptors (Lipinski definition) is 4. The largest absolute Gasteiger partial charge is 0.476 e. The fourth-order valence-electron chi connectivity index (χ4n) is 1.11. The third-order valence-electron chi connectivity index (χ3n) is 1.84. The fraction of sp³-hybridized carbons (Fsp3) is 0. The van der Waals surface area contributed by atoms with Gasteiger partial charge in [0.15, 0.2) is 10.8 Å². The summed E-state index contributed by atoms with van der Waals surface area (Å²) in [4.78, 5) is 14.4. The van der Waals surface area contributed by atoms with Gasteiger partial charge in [0.25, 0.3) is 0 Å². The fourth-order valence-corrected chi connectivity index (χ4v) is 1.80. The number of rotatable bonds is 3. The minimum Gasteiger partial charge on any atom is -0.476 e. The first-order chi connectivity index (χ1) is 7.66. The van der Waals surface area contributed by atoms with E-state index in [9.17, 15) is 9.18 Å². The van der Waals surface area contributed by atoms with Crippen molar-refractivity contribution in [3.63, 3.8) is 0 Å². The Morgan fingerprint density at radius 3 is 2.81 bits per heavy atom. The number of hydrogen-bond donors (Lipinski definition) is 2. The molecular formula is C10H7FN2O2S. The van der Waals surface area contributed by atoms with Crippen molar-refractivity contribution in [2.24, 2.45) is 0 Å². The number of carboxylic acids is 1. The van der Waals surface area contributed by atoms with Crippen molar-refractivity contribution < 1.29 is 14.3 Å². The molecule has 0 aliphatic carbocycles. The van der Waals surface area contributed by atoms with Gasteiger partial charge in [-0.2, -0.15) is 0 Å². The van der Waals surface area contributed by atoms with Gasteiger partial charge in [0.2, 0.25) is 0 Å². The molecular weight excluding hydrogens is 231 g/mol. The Balaban J connectivity index is 2.21. The molecule has 0 aliphatic rings. The van der Waals surface area contributed by atoms with Crippen LogP contribution in [-0.4, -0.2) is 16.1 Å². The van der Waals surface area contributed by atoms with E-state index in [-0.39, 0.29) is 11.4 Å². The third kappa shape index (κ3) is 2.17. The number of nitrogens with one attached hydrogen (secondary N) is 1. The number of aromatic carboxylic acids is 1. The summed E-state index contributed by atoms with van der Waals surface area (Å²) in [6, 6.07) is 6.12. The van der Waals surface area contributed by atoms with Crippen LogP contribution in [0, 0.1) is 5.82 Å². The number of anilines is 2. The Morgan fingerprint density at radius 2 is 2.19 bits per heavy atom. The van der Waals surface area contributed by atoms with Gasteiger partial charge in [-0.1, -0.05) is 12.1 Å². The Hall–Kier alpha value is -1.95. The summed E-state index contributed by atoms with van der Waals surface area (Å²) in [7, 11) is 0. The molecule has 0 unspecified atom stereocenters. The lowest BCUT2D eigenvalue weighted by Crippen LogP contribution is -1.97. The van der Waals surface area contributed by atoms with Gasteiger partial charge in [0.1, 0.15) is 5.82 Å². The van der Waals surface area contributed by atoms with Gasteiger partial charge in [0.05, 0.1) is 5.69 Å². The van der Waals surface area contributed by atoms with E-state index in [0.717, 1.165) is 11.3 Å². The summed E-state index contributed by atoms with van der Waals surface area (Å²) in [6.45, 7) is 0. The predicted octanol–water partition coefficient (Wildman–Crippen LogP) is 2.72. The molecule has 16 heavy (non-hydrogen) atoms. The molecule has 0 bridgehead atoms. The van der Waals surface area contributed by atoms with E-state index in [1.165, 1.54) is 11.4 Å². The van der Waals surface area contributed by atoms with Gasteiger partial charge in [0, 0.05) is 5.38 Å². The van der Waals surface area contributed by atoms with Crippen molar-refractivity contribution in [1.82, 2.24) is 4.98 Å². The Morgan fingerprint density at radius 1 is 1.44 bits per heavy atom. The smallest absolute Gasteiger partial charge is 0.355 e. The molecule has 2 N–H and O–H groups in total. The summed E-state index contributed by atoms with van der Waals surface area (Å²) in [6.07, 6.45) is 0. The minimum absolute atomic E-state index is 0.0520. The van der Waals surface area contributed by atoms with Gasteiger partial charge in [-0.25, -0.2) is 14.2 Å². The van der Waals surface area contributed by atoms with E-state index in [0.29, 0.717) is 5.13 Å². The molecule has 2 rings (SSSR count). The van der Waals surface area contributed by atoms with E-state index in [4.69, 9.17) is 5.11 Å². The lowest BCUT2D eigenvalue weighted by molar-refractivity contribution is 0.0691. The normalized spacial score (nSPS) is 10.1. The Bertz CT molecular complexity index is 527. The zero-order valence-corrected chi connectivity index (χ0v) is 8.79. The number of thiazole rings is 1. The molecule has 6 heteroatoms. The van der Waals surface area contributed by atoms with Crippen molar-refractivity contribution >= 4 is 28.1 Å². The highest BCUT2D eigenvalue weighted by Crippen LogP contribution is 2.22. The van der Waals surface area contributed by atoms with Crippen LogP contribution in [0.2, 0.25) is 0 Å². The second kappa shape index (κ2) is 4.28. The molecule has 1 aromatic carbocycles. The molecule has 0 saturated carbocycles. The van der Waals surface area contributed by atoms with Crippen LogP contribution < -0.4 is 5.32 Å². The number of nitrogens with zero attached hydrogens (tertiary/aromatic N) is 1. The van der Waals surface area contributed by atoms with E-state index in [2.05, 4.69) is 10.3 Å². The highest BCUT2D eigenvalue weighted by Gasteiger charge is 2.09. The average molecular weight is 238 g/mol. The van der Waals surface area contributed by atoms with Gasteiger partial charge in [-0.3, -0.25) is 0 Å². The average Bonchev–Trinajstić information content (AvgIpc) is 2.70. The lowest BCUT2D eigenvalue weighted by Gasteiger charge is -2.02. The second-order valence-electron chi connectivity index (χ2n) is 2.95. The standard InChI is InChI=1S/C10H7FN2O2S/c11-6-3-1-2-4-7(6)12-10-13-8(5-16-10)9(14)15/h1-5H,(H,12,13)(H,14,15). The van der Waals surface area contributed by atoms with Crippen LogP contribution in [-0.2, 0) is 0 Å². The molecule has 0 spiro atoms. The van der Waals surface area contributed by atoms with Gasteiger partial charge >= 0.3 is 5.97 Å². The second-order valence-corrected chi connectivity index (χ2v) is 3.81. The molecule has 1 aromatic heterocycles. The first-order valence-electron chi connectivity index (χ1n) is 4.37. The summed E-state index contributed by atoms with van der Waals surface area (Å²) in [5.41, 5.74) is 0.220. The lowest BCUT2D eigenvalue weighted by atomic mass is 10.3. The molecule has 0 amide bonds. The van der Waals surface area contributed by atoms with Gasteiger partial charge in [-0.05, 0) is 12.1 Å². The van der Waals surface area contributed by atoms with Crippen LogP contribution in [0.15, 0.2) is 29.6 Å². The maximum Gasteiger partial charge on any atom is 0.355 e. The van der Waals surface area contributed by atoms with Crippen molar-refractivity contribution in [3.05, 3.63) is 41.2 Å². The van der Waals surface area contributed by atoms with Crippen LogP contribution in [0.1, 0.15) is 10.5 Å². The molecule has 0 aliphatic heterocycles. The zero-order valence-electron chi connectivity index (χ0n) is 7.98. The number of halogens is 1. The van der Waals surface area contributed by atoms with E-state index >= 15 is 0 Å². The van der Waals surface area contributed by atoms with Gasteiger partial charge in [-0.15, -0.1) is 11.3 Å². The van der Waals surface area contributed by atoms with Gasteiger partial charge < -0.3 is 10.4 Å². The zero-order chi connectivity index (χ0) is 11.5. The summed E-state index contributed by atoms with van der Waals surface area (Å²) in [5, 5.41) is 13.1. The maximum atomic E-state index is 13.2. The Labute approximate surface area is 94.4 Å². The maximum absolute atomic E-state index is 13.2. The van der Waals surface area contributed by atoms with Crippen molar-refractivity contribution in [1.29, 1.82) is 0 Å². The van der Waals surface area contributed by atoms with Crippen molar-refractivity contribution in [2.75, 3.05) is 5.32 Å². The highest BCUT2D eigenvalue weighted by atomic mass is 32.1. The van der Waals surface area contributed by atoms with Crippen LogP contribution in [0.25, 0.3) is 0 Å². The summed E-state index contributed by atoms with van der Waals surface area (Å²) >= 11 is 1.11.